The lowest BCUT2D eigenvalue weighted by atomic mass is 10.1. The molecule has 21 heavy (non-hydrogen) atoms. The average Bonchev–Trinajstić information content (AvgIpc) is 2.36. The van der Waals surface area contributed by atoms with Crippen LogP contribution in [0.2, 0.25) is 0 Å². The molecule has 0 aromatic heterocycles. The predicted molar refractivity (Wildman–Crippen MR) is 85.6 cm³/mol. The summed E-state index contributed by atoms with van der Waals surface area (Å²) in [5, 5.41) is 17.6. The third-order valence-electron chi connectivity index (χ3n) is 2.90. The molecule has 8 heteroatoms. The van der Waals surface area contributed by atoms with E-state index < -0.39 is 31.4 Å². The zero-order valence-electron chi connectivity index (χ0n) is 11.1. The maximum absolute atomic E-state index is 12.2. The molecule has 0 bridgehead atoms. The van der Waals surface area contributed by atoms with Gasteiger partial charge in [-0.15, -0.1) is 0 Å². The summed E-state index contributed by atoms with van der Waals surface area (Å²) in [5.41, 5.74) is 0.656. The van der Waals surface area contributed by atoms with Crippen molar-refractivity contribution in [2.45, 2.75) is 19.0 Å². The molecule has 0 aliphatic carbocycles. The van der Waals surface area contributed by atoms with Gasteiger partial charge >= 0.3 is 11.9 Å². The van der Waals surface area contributed by atoms with Crippen LogP contribution in [-0.2, 0) is 20.3 Å². The van der Waals surface area contributed by atoms with E-state index in [2.05, 4.69) is 22.6 Å². The number of hydrogen-bond acceptors (Lipinski definition) is 3. The van der Waals surface area contributed by atoms with Crippen molar-refractivity contribution in [3.8, 4) is 0 Å². The van der Waals surface area contributed by atoms with Crippen molar-refractivity contribution in [3.05, 3.63) is 33.4 Å². The van der Waals surface area contributed by atoms with Gasteiger partial charge in [-0.3, -0.25) is 14.2 Å². The fraction of sp³-hybridized carbons (Fsp3) is 0.385. The van der Waals surface area contributed by atoms with Crippen LogP contribution < -0.4 is 0 Å². The summed E-state index contributed by atoms with van der Waals surface area (Å²) in [6, 6.07) is 7.04. The van der Waals surface area contributed by atoms with Gasteiger partial charge in [-0.2, -0.15) is 0 Å². The Hall–Kier alpha value is -0.920. The van der Waals surface area contributed by atoms with Crippen LogP contribution in [0.1, 0.15) is 18.4 Å². The van der Waals surface area contributed by atoms with Crippen molar-refractivity contribution < 1.29 is 29.3 Å². The van der Waals surface area contributed by atoms with Crippen LogP contribution in [0.4, 0.5) is 0 Å². The lowest BCUT2D eigenvalue weighted by molar-refractivity contribution is -0.142. The van der Waals surface area contributed by atoms with Crippen molar-refractivity contribution >= 4 is 41.9 Å². The summed E-state index contributed by atoms with van der Waals surface area (Å²) < 4.78 is 13.2. The van der Waals surface area contributed by atoms with Gasteiger partial charge in [0.1, 0.15) is 0 Å². The smallest absolute Gasteiger partial charge is 0.307 e. The maximum Gasteiger partial charge on any atom is 0.307 e. The van der Waals surface area contributed by atoms with Crippen molar-refractivity contribution in [2.24, 2.45) is 5.92 Å². The first-order valence-corrected chi connectivity index (χ1v) is 9.30. The molecular formula is C13H16IO6P. The monoisotopic (exact) mass is 426 g/mol. The van der Waals surface area contributed by atoms with Crippen LogP contribution in [0.25, 0.3) is 0 Å². The SMILES string of the molecule is O=C(O)CCC(CP(=O)(O)Cc1ccc(I)cc1)C(=O)O. The number of carboxylic acids is 2. The second kappa shape index (κ2) is 7.91. The zero-order chi connectivity index (χ0) is 16.0. The minimum atomic E-state index is -3.68. The molecule has 116 valence electrons. The fourth-order valence-corrected chi connectivity index (χ4v) is 4.17. The van der Waals surface area contributed by atoms with Crippen molar-refractivity contribution in [1.29, 1.82) is 0 Å². The second-order valence-electron chi connectivity index (χ2n) is 4.78. The topological polar surface area (TPSA) is 112 Å². The van der Waals surface area contributed by atoms with Gasteiger partial charge in [0, 0.05) is 22.3 Å². The Labute approximate surface area is 135 Å². The molecule has 2 unspecified atom stereocenters. The summed E-state index contributed by atoms with van der Waals surface area (Å²) in [6.07, 6.45) is -1.01. The number of carboxylic acid groups (broad SMARTS) is 2. The summed E-state index contributed by atoms with van der Waals surface area (Å²) in [7, 11) is -3.68. The van der Waals surface area contributed by atoms with Gasteiger partial charge in [-0.05, 0) is 46.7 Å². The number of rotatable bonds is 8. The van der Waals surface area contributed by atoms with Crippen LogP contribution in [0.5, 0.6) is 0 Å². The predicted octanol–water partition coefficient (Wildman–Crippen LogP) is 2.63. The highest BCUT2D eigenvalue weighted by molar-refractivity contribution is 14.1. The van der Waals surface area contributed by atoms with Gasteiger partial charge in [0.2, 0.25) is 7.37 Å². The quantitative estimate of drug-likeness (QED) is 0.436. The van der Waals surface area contributed by atoms with E-state index in [4.69, 9.17) is 10.2 Å². The van der Waals surface area contributed by atoms with E-state index >= 15 is 0 Å². The second-order valence-corrected chi connectivity index (χ2v) is 8.40. The standard InChI is InChI=1S/C13H16IO6P/c14-11-4-1-9(2-5-11)7-21(19,20)8-10(13(17)18)3-6-12(15)16/h1-2,4-5,10H,3,6-8H2,(H,15,16)(H,17,18)(H,19,20). The first-order valence-electron chi connectivity index (χ1n) is 6.19. The van der Waals surface area contributed by atoms with Crippen LogP contribution in [-0.4, -0.2) is 33.2 Å². The number of aliphatic carboxylic acids is 2. The molecule has 0 spiro atoms. The highest BCUT2D eigenvalue weighted by atomic mass is 127. The Kier molecular flexibility index (Phi) is 6.83. The summed E-state index contributed by atoms with van der Waals surface area (Å²) in [6.45, 7) is 0. The van der Waals surface area contributed by atoms with Crippen LogP contribution in [0, 0.1) is 9.49 Å². The molecule has 6 nitrogen and oxygen atoms in total. The van der Waals surface area contributed by atoms with E-state index in [0.29, 0.717) is 5.56 Å². The highest BCUT2D eigenvalue weighted by Crippen LogP contribution is 2.46. The molecule has 0 aliphatic heterocycles. The number of hydrogen-bond donors (Lipinski definition) is 3. The maximum atomic E-state index is 12.2. The molecule has 0 radical (unpaired) electrons. The molecule has 1 aromatic rings. The van der Waals surface area contributed by atoms with Gasteiger partial charge in [0.05, 0.1) is 5.92 Å². The third-order valence-corrected chi connectivity index (χ3v) is 5.49. The van der Waals surface area contributed by atoms with Crippen LogP contribution >= 0.6 is 30.0 Å². The Morgan fingerprint density at radius 1 is 1.19 bits per heavy atom. The number of benzene rings is 1. The van der Waals surface area contributed by atoms with Gasteiger partial charge < -0.3 is 15.1 Å². The summed E-state index contributed by atoms with van der Waals surface area (Å²) in [5.74, 6) is -3.49. The van der Waals surface area contributed by atoms with E-state index in [1.807, 2.05) is 0 Å². The largest absolute Gasteiger partial charge is 0.481 e. The van der Waals surface area contributed by atoms with Gasteiger partial charge in [-0.1, -0.05) is 12.1 Å². The van der Waals surface area contributed by atoms with Gasteiger partial charge in [0.25, 0.3) is 0 Å². The first-order chi connectivity index (χ1) is 9.69. The minimum absolute atomic E-state index is 0.110. The van der Waals surface area contributed by atoms with E-state index in [9.17, 15) is 19.0 Å². The van der Waals surface area contributed by atoms with Crippen molar-refractivity contribution in [1.82, 2.24) is 0 Å². The van der Waals surface area contributed by atoms with Crippen molar-refractivity contribution in [3.63, 3.8) is 0 Å². The normalized spacial score (nSPS) is 15.1. The van der Waals surface area contributed by atoms with E-state index in [0.717, 1.165) is 3.57 Å². The van der Waals surface area contributed by atoms with Gasteiger partial charge in [0.15, 0.2) is 0 Å². The minimum Gasteiger partial charge on any atom is -0.481 e. The first kappa shape index (κ1) is 18.1. The number of carbonyl (C=O) groups is 2. The van der Waals surface area contributed by atoms with E-state index in [-0.39, 0.29) is 19.0 Å². The highest BCUT2D eigenvalue weighted by Gasteiger charge is 2.29. The summed E-state index contributed by atoms with van der Waals surface area (Å²) >= 11 is 2.11. The van der Waals surface area contributed by atoms with Gasteiger partial charge in [-0.25, -0.2) is 0 Å². The zero-order valence-corrected chi connectivity index (χ0v) is 14.2. The molecule has 3 N–H and O–H groups in total. The Morgan fingerprint density at radius 2 is 1.76 bits per heavy atom. The van der Waals surface area contributed by atoms with Crippen LogP contribution in [0.15, 0.2) is 24.3 Å². The number of halogens is 1. The molecule has 0 saturated carbocycles. The fourth-order valence-electron chi connectivity index (χ4n) is 1.87. The molecule has 0 fully saturated rings. The molecule has 0 aliphatic rings. The lowest BCUT2D eigenvalue weighted by Gasteiger charge is -2.17. The Bertz CT molecular complexity index is 556. The molecular weight excluding hydrogens is 410 g/mol. The molecule has 1 aromatic carbocycles. The van der Waals surface area contributed by atoms with Crippen molar-refractivity contribution in [2.75, 3.05) is 6.16 Å². The van der Waals surface area contributed by atoms with E-state index in [1.165, 1.54) is 0 Å². The molecule has 1 rings (SSSR count). The Morgan fingerprint density at radius 3 is 2.24 bits per heavy atom. The van der Waals surface area contributed by atoms with E-state index in [1.54, 1.807) is 24.3 Å². The molecule has 2 atom stereocenters. The Balaban J connectivity index is 2.71. The third kappa shape index (κ3) is 7.06. The average molecular weight is 426 g/mol. The summed E-state index contributed by atoms with van der Waals surface area (Å²) in [4.78, 5) is 31.5. The molecule has 0 saturated heterocycles. The molecule has 0 amide bonds. The van der Waals surface area contributed by atoms with Crippen LogP contribution in [0.3, 0.4) is 0 Å². The molecule has 0 heterocycles. The lowest BCUT2D eigenvalue weighted by Crippen LogP contribution is -2.19.